The highest BCUT2D eigenvalue weighted by Crippen LogP contribution is 2.41. The molecule has 1 heterocycles. The van der Waals surface area contributed by atoms with E-state index in [2.05, 4.69) is 10.6 Å². The molecule has 226 valence electrons. The number of rotatable bonds is 14. The van der Waals surface area contributed by atoms with E-state index in [1.807, 2.05) is 30.3 Å². The summed E-state index contributed by atoms with van der Waals surface area (Å²) in [6.07, 6.45) is 2.05. The average Bonchev–Trinajstić information content (AvgIpc) is 3.83. The average molecular weight is 590 g/mol. The second-order valence-electron chi connectivity index (χ2n) is 10.8. The minimum absolute atomic E-state index is 0.00273. The van der Waals surface area contributed by atoms with E-state index in [9.17, 15) is 18.8 Å². The third-order valence-electron chi connectivity index (χ3n) is 7.76. The zero-order chi connectivity index (χ0) is 30.3. The summed E-state index contributed by atoms with van der Waals surface area (Å²) in [4.78, 5) is 41.8. The Labute approximate surface area is 250 Å². The fourth-order valence-corrected chi connectivity index (χ4v) is 5.22. The van der Waals surface area contributed by atoms with Gasteiger partial charge in [-0.3, -0.25) is 9.59 Å². The molecule has 43 heavy (non-hydrogen) atoms. The number of hydrogen-bond donors (Lipinski definition) is 2. The number of carbonyl (C=O) groups is 3. The van der Waals surface area contributed by atoms with E-state index >= 15 is 0 Å². The SMILES string of the molecule is COCCOCCOc1ccc([C@H]2NC(=O)N(C(C(=O)Nc3ccc(C4CC4)cc3F)[C@@H](C)c3ccccc3)C2=O)cc1. The first-order valence-corrected chi connectivity index (χ1v) is 14.5. The first kappa shape index (κ1) is 30.2. The first-order chi connectivity index (χ1) is 20.9. The van der Waals surface area contributed by atoms with E-state index in [1.54, 1.807) is 44.4 Å². The van der Waals surface area contributed by atoms with Gasteiger partial charge in [0.15, 0.2) is 0 Å². The van der Waals surface area contributed by atoms with Crippen molar-refractivity contribution in [3.8, 4) is 5.75 Å². The van der Waals surface area contributed by atoms with Gasteiger partial charge in [-0.15, -0.1) is 0 Å². The van der Waals surface area contributed by atoms with Gasteiger partial charge in [-0.25, -0.2) is 14.1 Å². The van der Waals surface area contributed by atoms with Gasteiger partial charge in [-0.1, -0.05) is 55.5 Å². The van der Waals surface area contributed by atoms with E-state index in [4.69, 9.17) is 14.2 Å². The second kappa shape index (κ2) is 13.8. The first-order valence-electron chi connectivity index (χ1n) is 14.5. The van der Waals surface area contributed by atoms with Crippen molar-refractivity contribution in [2.75, 3.05) is 38.9 Å². The molecule has 10 heteroatoms. The standard InChI is InChI=1S/C33H36FN3O6/c1-21(22-6-4-3-5-7-22)30(31(38)35-28-15-12-25(20-27(28)34)23-8-9-23)37-32(39)29(36-33(37)40)24-10-13-26(14-11-24)43-19-18-42-17-16-41-2/h3-7,10-15,20-21,23,29-30H,8-9,16-19H2,1-2H3,(H,35,38)(H,36,40)/t21-,29+,30?/m0/s1. The predicted molar refractivity (Wildman–Crippen MR) is 158 cm³/mol. The molecule has 2 aliphatic rings. The van der Waals surface area contributed by atoms with Crippen molar-refractivity contribution in [1.82, 2.24) is 10.2 Å². The van der Waals surface area contributed by atoms with E-state index in [0.29, 0.717) is 43.7 Å². The molecule has 2 fully saturated rings. The van der Waals surface area contributed by atoms with Crippen LogP contribution in [-0.2, 0) is 19.1 Å². The van der Waals surface area contributed by atoms with E-state index in [1.165, 1.54) is 12.1 Å². The summed E-state index contributed by atoms with van der Waals surface area (Å²) in [5.74, 6) is -1.42. The molecule has 0 spiro atoms. The molecule has 0 radical (unpaired) electrons. The number of methoxy groups -OCH3 is 1. The maximum atomic E-state index is 15.0. The van der Waals surface area contributed by atoms with Crippen LogP contribution < -0.4 is 15.4 Å². The molecule has 1 saturated heterocycles. The lowest BCUT2D eigenvalue weighted by molar-refractivity contribution is -0.134. The smallest absolute Gasteiger partial charge is 0.325 e. The number of halogens is 1. The highest BCUT2D eigenvalue weighted by molar-refractivity contribution is 6.10. The Morgan fingerprint density at radius 3 is 2.35 bits per heavy atom. The summed E-state index contributed by atoms with van der Waals surface area (Å²) >= 11 is 0. The molecule has 3 aromatic rings. The lowest BCUT2D eigenvalue weighted by atomic mass is 9.91. The molecule has 4 amide bonds. The Morgan fingerprint density at radius 1 is 0.977 bits per heavy atom. The van der Waals surface area contributed by atoms with Crippen LogP contribution in [0.15, 0.2) is 72.8 Å². The molecule has 3 aromatic carbocycles. The molecule has 3 atom stereocenters. The zero-order valence-electron chi connectivity index (χ0n) is 24.3. The minimum atomic E-state index is -1.23. The maximum Gasteiger partial charge on any atom is 0.325 e. The van der Waals surface area contributed by atoms with Crippen molar-refractivity contribution in [1.29, 1.82) is 0 Å². The molecule has 1 aliphatic heterocycles. The van der Waals surface area contributed by atoms with Gasteiger partial charge in [0.25, 0.3) is 5.91 Å². The van der Waals surface area contributed by atoms with Crippen molar-refractivity contribution in [3.05, 3.63) is 95.3 Å². The van der Waals surface area contributed by atoms with Crippen LogP contribution in [0.5, 0.6) is 5.75 Å². The van der Waals surface area contributed by atoms with Crippen molar-refractivity contribution < 1.29 is 33.0 Å². The molecule has 5 rings (SSSR count). The molecule has 1 unspecified atom stereocenters. The van der Waals surface area contributed by atoms with Gasteiger partial charge in [-0.05, 0) is 59.7 Å². The van der Waals surface area contributed by atoms with Crippen LogP contribution in [0, 0.1) is 5.82 Å². The Kier molecular flexibility index (Phi) is 9.68. The third-order valence-corrected chi connectivity index (χ3v) is 7.76. The van der Waals surface area contributed by atoms with Gasteiger partial charge in [0, 0.05) is 13.0 Å². The molecule has 1 saturated carbocycles. The van der Waals surface area contributed by atoms with Crippen LogP contribution >= 0.6 is 0 Å². The van der Waals surface area contributed by atoms with Crippen LogP contribution in [0.25, 0.3) is 0 Å². The topological polar surface area (TPSA) is 106 Å². The van der Waals surface area contributed by atoms with Gasteiger partial charge in [-0.2, -0.15) is 0 Å². The summed E-state index contributed by atoms with van der Waals surface area (Å²) < 4.78 is 31.0. The minimum Gasteiger partial charge on any atom is -0.491 e. The summed E-state index contributed by atoms with van der Waals surface area (Å²) in [5.41, 5.74) is 2.19. The molecular formula is C33H36FN3O6. The fraction of sp³-hybridized carbons (Fsp3) is 0.364. The van der Waals surface area contributed by atoms with Gasteiger partial charge < -0.3 is 24.8 Å². The van der Waals surface area contributed by atoms with Crippen LogP contribution in [0.2, 0.25) is 0 Å². The van der Waals surface area contributed by atoms with Crippen LogP contribution in [0.3, 0.4) is 0 Å². The van der Waals surface area contributed by atoms with Crippen molar-refractivity contribution >= 4 is 23.5 Å². The Morgan fingerprint density at radius 2 is 1.67 bits per heavy atom. The number of nitrogens with one attached hydrogen (secondary N) is 2. The van der Waals surface area contributed by atoms with Gasteiger partial charge in [0.2, 0.25) is 5.91 Å². The molecule has 9 nitrogen and oxygen atoms in total. The van der Waals surface area contributed by atoms with E-state index in [-0.39, 0.29) is 5.69 Å². The maximum absolute atomic E-state index is 15.0. The summed E-state index contributed by atoms with van der Waals surface area (Å²) in [7, 11) is 1.60. The summed E-state index contributed by atoms with van der Waals surface area (Å²) in [6.45, 7) is 3.49. The molecule has 0 bridgehead atoms. The number of urea groups is 1. The lowest BCUT2D eigenvalue weighted by Gasteiger charge is -2.30. The van der Waals surface area contributed by atoms with Crippen LogP contribution in [0.1, 0.15) is 54.3 Å². The second-order valence-corrected chi connectivity index (χ2v) is 10.8. The highest BCUT2D eigenvalue weighted by atomic mass is 19.1. The third kappa shape index (κ3) is 7.21. The van der Waals surface area contributed by atoms with Crippen LogP contribution in [-0.4, -0.2) is 62.3 Å². The zero-order valence-corrected chi connectivity index (χ0v) is 24.3. The summed E-state index contributed by atoms with van der Waals surface area (Å²) in [5, 5.41) is 5.36. The normalized spacial score (nSPS) is 17.8. The van der Waals surface area contributed by atoms with Gasteiger partial charge in [0.05, 0.1) is 25.5 Å². The molecule has 1 aliphatic carbocycles. The van der Waals surface area contributed by atoms with Crippen molar-refractivity contribution in [3.63, 3.8) is 0 Å². The fourth-order valence-electron chi connectivity index (χ4n) is 5.22. The summed E-state index contributed by atoms with van der Waals surface area (Å²) in [6, 6.07) is 17.8. The number of benzene rings is 3. The largest absolute Gasteiger partial charge is 0.491 e. The lowest BCUT2D eigenvalue weighted by Crippen LogP contribution is -2.50. The van der Waals surface area contributed by atoms with Crippen molar-refractivity contribution in [2.45, 2.75) is 43.7 Å². The number of anilines is 1. The molecule has 0 aromatic heterocycles. The highest BCUT2D eigenvalue weighted by Gasteiger charge is 2.47. The monoisotopic (exact) mass is 589 g/mol. The number of imide groups is 1. The number of nitrogens with zero attached hydrogens (tertiary/aromatic N) is 1. The number of ether oxygens (including phenoxy) is 3. The Bertz CT molecular complexity index is 1430. The van der Waals surface area contributed by atoms with E-state index in [0.717, 1.165) is 28.9 Å². The number of amides is 4. The molecule has 2 N–H and O–H groups in total. The van der Waals surface area contributed by atoms with Gasteiger partial charge in [0.1, 0.15) is 30.3 Å². The van der Waals surface area contributed by atoms with Gasteiger partial charge >= 0.3 is 6.03 Å². The Balaban J connectivity index is 1.32. The quantitative estimate of drug-likeness (QED) is 0.199. The predicted octanol–water partition coefficient (Wildman–Crippen LogP) is 5.15. The van der Waals surface area contributed by atoms with Crippen LogP contribution in [0.4, 0.5) is 14.9 Å². The van der Waals surface area contributed by atoms with Crippen molar-refractivity contribution in [2.24, 2.45) is 0 Å². The number of hydrogen-bond acceptors (Lipinski definition) is 6. The number of carbonyl (C=O) groups excluding carboxylic acids is 3. The molecular weight excluding hydrogens is 553 g/mol. The van der Waals surface area contributed by atoms with E-state index < -0.39 is 41.7 Å². The Hall–Kier alpha value is -4.28.